The zero-order valence-corrected chi connectivity index (χ0v) is 14.5. The highest BCUT2D eigenvalue weighted by molar-refractivity contribution is 7.17. The minimum atomic E-state index is 0.0565. The van der Waals surface area contributed by atoms with Gasteiger partial charge in [-0.15, -0.1) is 11.3 Å². The summed E-state index contributed by atoms with van der Waals surface area (Å²) in [5, 5.41) is 19.7. The molecule has 0 unspecified atom stereocenters. The van der Waals surface area contributed by atoms with Crippen LogP contribution < -0.4 is 5.32 Å². The van der Waals surface area contributed by atoms with Crippen molar-refractivity contribution in [2.24, 2.45) is 0 Å². The molecule has 0 saturated heterocycles. The SMILES string of the molecule is Cc1ccc(-c2csc3ncnc(Nc4cnn(CCO)c4)c23)cc1. The van der Waals surface area contributed by atoms with Crippen LogP contribution in [0.1, 0.15) is 5.56 Å². The van der Waals surface area contributed by atoms with Crippen molar-refractivity contribution >= 4 is 33.1 Å². The smallest absolute Gasteiger partial charge is 0.143 e. The first-order valence-corrected chi connectivity index (χ1v) is 8.82. The molecule has 6 nitrogen and oxygen atoms in total. The maximum Gasteiger partial charge on any atom is 0.143 e. The minimum Gasteiger partial charge on any atom is -0.394 e. The van der Waals surface area contributed by atoms with Crippen LogP contribution in [0.2, 0.25) is 0 Å². The van der Waals surface area contributed by atoms with E-state index in [9.17, 15) is 0 Å². The second kappa shape index (κ2) is 6.62. The van der Waals surface area contributed by atoms with Crippen LogP contribution >= 0.6 is 11.3 Å². The lowest BCUT2D eigenvalue weighted by atomic mass is 10.0. The monoisotopic (exact) mass is 351 g/mol. The van der Waals surface area contributed by atoms with E-state index in [1.807, 2.05) is 6.20 Å². The molecule has 0 aliphatic carbocycles. The number of benzene rings is 1. The van der Waals surface area contributed by atoms with Gasteiger partial charge >= 0.3 is 0 Å². The molecule has 2 N–H and O–H groups in total. The molecule has 7 heteroatoms. The third kappa shape index (κ3) is 3.11. The molecule has 1 aromatic carbocycles. The molecule has 25 heavy (non-hydrogen) atoms. The van der Waals surface area contributed by atoms with Crippen molar-refractivity contribution in [2.75, 3.05) is 11.9 Å². The third-order valence-corrected chi connectivity index (χ3v) is 4.84. The van der Waals surface area contributed by atoms with Gasteiger partial charge in [-0.25, -0.2) is 9.97 Å². The molecule has 0 aliphatic rings. The van der Waals surface area contributed by atoms with E-state index in [2.05, 4.69) is 57.0 Å². The van der Waals surface area contributed by atoms with Crippen LogP contribution in [-0.2, 0) is 6.54 Å². The number of aliphatic hydroxyl groups is 1. The topological polar surface area (TPSA) is 75.9 Å². The lowest BCUT2D eigenvalue weighted by molar-refractivity contribution is 0.269. The molecule has 4 aromatic rings. The Hall–Kier alpha value is -2.77. The molecule has 0 fully saturated rings. The van der Waals surface area contributed by atoms with Crippen molar-refractivity contribution in [3.8, 4) is 11.1 Å². The average Bonchev–Trinajstić information content (AvgIpc) is 3.24. The largest absolute Gasteiger partial charge is 0.394 e. The second-order valence-electron chi connectivity index (χ2n) is 5.76. The molecule has 0 saturated carbocycles. The Morgan fingerprint density at radius 2 is 2.04 bits per heavy atom. The first-order chi connectivity index (χ1) is 12.2. The maximum atomic E-state index is 9.01. The van der Waals surface area contributed by atoms with Crippen molar-refractivity contribution in [1.82, 2.24) is 19.7 Å². The Balaban J connectivity index is 1.75. The molecule has 0 aliphatic heterocycles. The molecule has 4 rings (SSSR count). The summed E-state index contributed by atoms with van der Waals surface area (Å²) in [7, 11) is 0. The van der Waals surface area contributed by atoms with Crippen molar-refractivity contribution in [3.05, 3.63) is 53.9 Å². The Labute approximate surface area is 148 Å². The van der Waals surface area contributed by atoms with Gasteiger partial charge < -0.3 is 10.4 Å². The number of aryl methyl sites for hydroxylation is 1. The highest BCUT2D eigenvalue weighted by Gasteiger charge is 2.13. The number of hydrogen-bond donors (Lipinski definition) is 2. The maximum absolute atomic E-state index is 9.01. The van der Waals surface area contributed by atoms with Gasteiger partial charge in [-0.1, -0.05) is 29.8 Å². The predicted octanol–water partition coefficient (Wildman–Crippen LogP) is 3.60. The number of aromatic nitrogens is 4. The number of hydrogen-bond acceptors (Lipinski definition) is 6. The quantitative estimate of drug-likeness (QED) is 0.574. The van der Waals surface area contributed by atoms with E-state index in [4.69, 9.17) is 5.11 Å². The summed E-state index contributed by atoms with van der Waals surface area (Å²) in [5.41, 5.74) is 4.32. The van der Waals surface area contributed by atoms with Crippen LogP contribution in [-0.4, -0.2) is 31.5 Å². The van der Waals surface area contributed by atoms with E-state index >= 15 is 0 Å². The van der Waals surface area contributed by atoms with E-state index < -0.39 is 0 Å². The lowest BCUT2D eigenvalue weighted by Crippen LogP contribution is -2.01. The fourth-order valence-electron chi connectivity index (χ4n) is 2.71. The fourth-order valence-corrected chi connectivity index (χ4v) is 3.62. The standard InChI is InChI=1S/C18H17N5OS/c1-12-2-4-13(5-3-12)15-10-25-18-16(15)17(19-11-20-18)22-14-8-21-23(9-14)6-7-24/h2-5,8-11,24H,6-7H2,1H3,(H,19,20,22). The van der Waals surface area contributed by atoms with E-state index in [-0.39, 0.29) is 6.61 Å². The molecule has 0 atom stereocenters. The summed E-state index contributed by atoms with van der Waals surface area (Å²) in [6, 6.07) is 8.45. The molecule has 0 radical (unpaired) electrons. The molecule has 3 heterocycles. The molecule has 126 valence electrons. The van der Waals surface area contributed by atoms with Crippen molar-refractivity contribution < 1.29 is 5.11 Å². The summed E-state index contributed by atoms with van der Waals surface area (Å²) < 4.78 is 1.69. The molecule has 0 bridgehead atoms. The molecular weight excluding hydrogens is 334 g/mol. The number of nitrogens with zero attached hydrogens (tertiary/aromatic N) is 4. The highest BCUT2D eigenvalue weighted by atomic mass is 32.1. The molecule has 3 aromatic heterocycles. The van der Waals surface area contributed by atoms with Crippen molar-refractivity contribution in [2.45, 2.75) is 13.5 Å². The van der Waals surface area contributed by atoms with Gasteiger partial charge in [0.05, 0.1) is 30.4 Å². The summed E-state index contributed by atoms with van der Waals surface area (Å²) in [6.45, 7) is 2.60. The Kier molecular flexibility index (Phi) is 4.17. The fraction of sp³-hybridized carbons (Fsp3) is 0.167. The first-order valence-electron chi connectivity index (χ1n) is 7.94. The van der Waals surface area contributed by atoms with Gasteiger partial charge in [-0.05, 0) is 12.5 Å². The number of aliphatic hydroxyl groups excluding tert-OH is 1. The van der Waals surface area contributed by atoms with Gasteiger partial charge in [-0.3, -0.25) is 4.68 Å². The first kappa shape index (κ1) is 15.7. The van der Waals surface area contributed by atoms with Crippen LogP contribution in [0.15, 0.2) is 48.4 Å². The van der Waals surface area contributed by atoms with Crippen LogP contribution in [0, 0.1) is 6.92 Å². The second-order valence-corrected chi connectivity index (χ2v) is 6.62. The highest BCUT2D eigenvalue weighted by Crippen LogP contribution is 2.37. The third-order valence-electron chi connectivity index (χ3n) is 3.96. The van der Waals surface area contributed by atoms with Crippen molar-refractivity contribution in [1.29, 1.82) is 0 Å². The zero-order valence-electron chi connectivity index (χ0n) is 13.7. The summed E-state index contributed by atoms with van der Waals surface area (Å²) in [6.07, 6.45) is 5.14. The van der Waals surface area contributed by atoms with Crippen LogP contribution in [0.3, 0.4) is 0 Å². The Morgan fingerprint density at radius 1 is 1.20 bits per heavy atom. The number of rotatable bonds is 5. The Bertz CT molecular complexity index is 1010. The van der Waals surface area contributed by atoms with E-state index in [1.165, 1.54) is 5.56 Å². The summed E-state index contributed by atoms with van der Waals surface area (Å²) in [5.74, 6) is 0.755. The molecule has 0 amide bonds. The number of thiophene rings is 1. The number of anilines is 2. The van der Waals surface area contributed by atoms with Gasteiger partial charge in [0.1, 0.15) is 17.0 Å². The van der Waals surface area contributed by atoms with E-state index in [1.54, 1.807) is 28.5 Å². The van der Waals surface area contributed by atoms with Crippen molar-refractivity contribution in [3.63, 3.8) is 0 Å². The van der Waals surface area contributed by atoms with Gasteiger partial charge in [0.2, 0.25) is 0 Å². The van der Waals surface area contributed by atoms with Gasteiger partial charge in [0.15, 0.2) is 0 Å². The summed E-state index contributed by atoms with van der Waals surface area (Å²) >= 11 is 1.61. The van der Waals surface area contributed by atoms with Gasteiger partial charge in [0.25, 0.3) is 0 Å². The summed E-state index contributed by atoms with van der Waals surface area (Å²) in [4.78, 5) is 9.77. The van der Waals surface area contributed by atoms with Crippen LogP contribution in [0.5, 0.6) is 0 Å². The normalized spacial score (nSPS) is 11.1. The lowest BCUT2D eigenvalue weighted by Gasteiger charge is -2.07. The number of fused-ring (bicyclic) bond motifs is 1. The van der Waals surface area contributed by atoms with Crippen LogP contribution in [0.25, 0.3) is 21.3 Å². The molecular formula is C18H17N5OS. The van der Waals surface area contributed by atoms with E-state index in [0.29, 0.717) is 6.54 Å². The van der Waals surface area contributed by atoms with Gasteiger partial charge in [0, 0.05) is 17.1 Å². The number of nitrogens with one attached hydrogen (secondary N) is 1. The zero-order chi connectivity index (χ0) is 17.2. The van der Waals surface area contributed by atoms with Gasteiger partial charge in [-0.2, -0.15) is 5.10 Å². The predicted molar refractivity (Wildman–Crippen MR) is 100 cm³/mol. The Morgan fingerprint density at radius 3 is 2.84 bits per heavy atom. The van der Waals surface area contributed by atoms with E-state index in [0.717, 1.165) is 32.8 Å². The average molecular weight is 351 g/mol. The van der Waals surface area contributed by atoms with Crippen LogP contribution in [0.4, 0.5) is 11.5 Å². The molecule has 0 spiro atoms. The minimum absolute atomic E-state index is 0.0565.